The largest absolute Gasteiger partial charge is 0.385 e. The Labute approximate surface area is 139 Å². The van der Waals surface area contributed by atoms with Crippen LogP contribution in [-0.4, -0.2) is 18.2 Å². The van der Waals surface area contributed by atoms with Crippen LogP contribution < -0.4 is 4.90 Å². The van der Waals surface area contributed by atoms with Crippen LogP contribution in [0.1, 0.15) is 24.0 Å². The van der Waals surface area contributed by atoms with E-state index in [0.717, 1.165) is 5.56 Å². The number of anilines is 1. The van der Waals surface area contributed by atoms with Gasteiger partial charge in [-0.2, -0.15) is 5.26 Å². The predicted octanol–water partition coefficient (Wildman–Crippen LogP) is 3.84. The lowest BCUT2D eigenvalue weighted by Crippen LogP contribution is -2.43. The minimum Gasteiger partial charge on any atom is -0.385 e. The van der Waals surface area contributed by atoms with Gasteiger partial charge in [0.05, 0.1) is 16.9 Å². The van der Waals surface area contributed by atoms with E-state index in [4.69, 9.17) is 11.6 Å². The van der Waals surface area contributed by atoms with Gasteiger partial charge in [0, 0.05) is 23.7 Å². The molecular weight excluding hydrogens is 315 g/mol. The van der Waals surface area contributed by atoms with Gasteiger partial charge in [-0.3, -0.25) is 0 Å². The number of benzene rings is 2. The van der Waals surface area contributed by atoms with Crippen molar-refractivity contribution in [3.05, 3.63) is 64.4 Å². The lowest BCUT2D eigenvalue weighted by Gasteiger charge is -2.40. The SMILES string of the molecule is N#Cc1cc(F)ccc1N1CCC(O)(c2ccccc2Cl)CC1. The summed E-state index contributed by atoms with van der Waals surface area (Å²) in [7, 11) is 0. The summed E-state index contributed by atoms with van der Waals surface area (Å²) in [4.78, 5) is 2.00. The smallest absolute Gasteiger partial charge is 0.124 e. The van der Waals surface area contributed by atoms with E-state index < -0.39 is 11.4 Å². The molecular formula is C18H16ClFN2O. The molecule has 0 aliphatic carbocycles. The first-order valence-electron chi connectivity index (χ1n) is 7.45. The van der Waals surface area contributed by atoms with Crippen LogP contribution in [0.4, 0.5) is 10.1 Å². The molecule has 23 heavy (non-hydrogen) atoms. The van der Waals surface area contributed by atoms with E-state index in [2.05, 4.69) is 0 Å². The predicted molar refractivity (Wildman–Crippen MR) is 87.9 cm³/mol. The Morgan fingerprint density at radius 3 is 2.52 bits per heavy atom. The summed E-state index contributed by atoms with van der Waals surface area (Å²) in [5.41, 5.74) is 0.783. The fourth-order valence-electron chi connectivity index (χ4n) is 3.10. The average molecular weight is 331 g/mol. The maximum atomic E-state index is 13.3. The Morgan fingerprint density at radius 2 is 1.87 bits per heavy atom. The molecule has 1 heterocycles. The third kappa shape index (κ3) is 3.03. The molecule has 1 aliphatic heterocycles. The van der Waals surface area contributed by atoms with Crippen molar-refractivity contribution in [3.63, 3.8) is 0 Å². The average Bonchev–Trinajstić information content (AvgIpc) is 2.56. The molecule has 1 fully saturated rings. The van der Waals surface area contributed by atoms with Gasteiger partial charge in [0.1, 0.15) is 11.9 Å². The van der Waals surface area contributed by atoms with Crippen molar-refractivity contribution in [2.45, 2.75) is 18.4 Å². The number of rotatable bonds is 2. The summed E-state index contributed by atoms with van der Waals surface area (Å²) in [6.07, 6.45) is 0.998. The molecule has 0 saturated carbocycles. The number of nitrogens with zero attached hydrogens (tertiary/aromatic N) is 2. The summed E-state index contributed by atoms with van der Waals surface area (Å²) in [6, 6.07) is 13.6. The zero-order valence-electron chi connectivity index (χ0n) is 12.5. The second-order valence-corrected chi connectivity index (χ2v) is 6.18. The number of aliphatic hydroxyl groups is 1. The molecule has 0 spiro atoms. The van der Waals surface area contributed by atoms with E-state index in [1.54, 1.807) is 12.1 Å². The molecule has 0 unspecified atom stereocenters. The molecule has 1 aliphatic rings. The highest BCUT2D eigenvalue weighted by Gasteiger charge is 2.35. The van der Waals surface area contributed by atoms with E-state index in [1.807, 2.05) is 29.2 Å². The summed E-state index contributed by atoms with van der Waals surface area (Å²) < 4.78 is 13.3. The Morgan fingerprint density at radius 1 is 1.17 bits per heavy atom. The van der Waals surface area contributed by atoms with Crippen molar-refractivity contribution in [2.75, 3.05) is 18.0 Å². The number of hydrogen-bond acceptors (Lipinski definition) is 3. The minimum atomic E-state index is -0.971. The fourth-order valence-corrected chi connectivity index (χ4v) is 3.41. The Hall–Kier alpha value is -2.09. The third-order valence-electron chi connectivity index (χ3n) is 4.39. The molecule has 0 radical (unpaired) electrons. The first-order chi connectivity index (χ1) is 11.0. The molecule has 3 nitrogen and oxygen atoms in total. The van der Waals surface area contributed by atoms with Crippen LogP contribution >= 0.6 is 11.6 Å². The molecule has 0 amide bonds. The zero-order chi connectivity index (χ0) is 16.4. The second-order valence-electron chi connectivity index (χ2n) is 5.77. The van der Waals surface area contributed by atoms with Crippen molar-refractivity contribution >= 4 is 17.3 Å². The molecule has 0 bridgehead atoms. The van der Waals surface area contributed by atoms with Gasteiger partial charge in [0.25, 0.3) is 0 Å². The second kappa shape index (κ2) is 6.19. The molecule has 2 aromatic carbocycles. The van der Waals surface area contributed by atoms with Gasteiger partial charge in [-0.1, -0.05) is 29.8 Å². The molecule has 1 N–H and O–H groups in total. The van der Waals surface area contributed by atoms with E-state index in [0.29, 0.717) is 42.2 Å². The van der Waals surface area contributed by atoms with Crippen molar-refractivity contribution < 1.29 is 9.50 Å². The summed E-state index contributed by atoms with van der Waals surface area (Å²) in [5.74, 6) is -0.421. The van der Waals surface area contributed by atoms with E-state index >= 15 is 0 Å². The standard InChI is InChI=1S/C18H16ClFN2O/c19-16-4-2-1-3-15(16)18(23)7-9-22(10-8-18)17-6-5-14(20)11-13(17)12-21/h1-6,11,23H,7-10H2. The lowest BCUT2D eigenvalue weighted by molar-refractivity contribution is 0.0119. The van der Waals surface area contributed by atoms with Gasteiger partial charge in [-0.25, -0.2) is 4.39 Å². The van der Waals surface area contributed by atoms with Crippen LogP contribution in [0.2, 0.25) is 5.02 Å². The number of piperidine rings is 1. The summed E-state index contributed by atoms with van der Waals surface area (Å²) in [5, 5.41) is 20.7. The summed E-state index contributed by atoms with van der Waals surface area (Å²) >= 11 is 6.21. The maximum absolute atomic E-state index is 13.3. The first-order valence-corrected chi connectivity index (χ1v) is 7.83. The Balaban J connectivity index is 1.82. The van der Waals surface area contributed by atoms with Crippen molar-refractivity contribution in [1.29, 1.82) is 5.26 Å². The third-order valence-corrected chi connectivity index (χ3v) is 4.72. The van der Waals surface area contributed by atoms with Crippen molar-refractivity contribution in [3.8, 4) is 6.07 Å². The van der Waals surface area contributed by atoms with E-state index in [9.17, 15) is 14.8 Å². The fraction of sp³-hybridized carbons (Fsp3) is 0.278. The van der Waals surface area contributed by atoms with E-state index in [-0.39, 0.29) is 0 Å². The molecule has 3 rings (SSSR count). The molecule has 2 aromatic rings. The van der Waals surface area contributed by atoms with Crippen LogP contribution in [0.5, 0.6) is 0 Å². The minimum absolute atomic E-state index is 0.313. The maximum Gasteiger partial charge on any atom is 0.124 e. The first kappa shape index (κ1) is 15.8. The highest BCUT2D eigenvalue weighted by atomic mass is 35.5. The molecule has 0 atom stereocenters. The van der Waals surface area contributed by atoms with Gasteiger partial charge in [-0.05, 0) is 37.1 Å². The molecule has 5 heteroatoms. The zero-order valence-corrected chi connectivity index (χ0v) is 13.2. The van der Waals surface area contributed by atoms with Gasteiger partial charge in [0.15, 0.2) is 0 Å². The van der Waals surface area contributed by atoms with Gasteiger partial charge in [-0.15, -0.1) is 0 Å². The Bertz CT molecular complexity index is 764. The lowest BCUT2D eigenvalue weighted by atomic mass is 9.84. The van der Waals surface area contributed by atoms with Gasteiger partial charge in [0.2, 0.25) is 0 Å². The van der Waals surface area contributed by atoms with Gasteiger partial charge < -0.3 is 10.0 Å². The van der Waals surface area contributed by atoms with Crippen LogP contribution in [0, 0.1) is 17.1 Å². The Kier molecular flexibility index (Phi) is 4.25. The summed E-state index contributed by atoms with van der Waals surface area (Å²) in [6.45, 7) is 1.14. The number of hydrogen-bond donors (Lipinski definition) is 1. The molecule has 118 valence electrons. The highest BCUT2D eigenvalue weighted by molar-refractivity contribution is 6.31. The quantitative estimate of drug-likeness (QED) is 0.910. The number of halogens is 2. The molecule has 1 saturated heterocycles. The van der Waals surface area contributed by atoms with Crippen molar-refractivity contribution in [1.82, 2.24) is 0 Å². The van der Waals surface area contributed by atoms with Crippen molar-refractivity contribution in [2.24, 2.45) is 0 Å². The van der Waals surface area contributed by atoms with Crippen LogP contribution in [0.15, 0.2) is 42.5 Å². The normalized spacial score (nSPS) is 16.9. The van der Waals surface area contributed by atoms with Crippen LogP contribution in [-0.2, 0) is 5.60 Å². The topological polar surface area (TPSA) is 47.3 Å². The van der Waals surface area contributed by atoms with Crippen LogP contribution in [0.25, 0.3) is 0 Å². The highest BCUT2D eigenvalue weighted by Crippen LogP contribution is 2.38. The monoisotopic (exact) mass is 330 g/mol. The number of nitriles is 1. The van der Waals surface area contributed by atoms with Gasteiger partial charge >= 0.3 is 0 Å². The van der Waals surface area contributed by atoms with E-state index in [1.165, 1.54) is 12.1 Å². The molecule has 0 aromatic heterocycles. The van der Waals surface area contributed by atoms with Crippen LogP contribution in [0.3, 0.4) is 0 Å².